The lowest BCUT2D eigenvalue weighted by Gasteiger charge is -2.03. The van der Waals surface area contributed by atoms with Crippen molar-refractivity contribution in [3.05, 3.63) is 54.2 Å². The molecule has 2 aromatic heterocycles. The highest BCUT2D eigenvalue weighted by molar-refractivity contribution is 7.22. The first kappa shape index (κ1) is 11.4. The summed E-state index contributed by atoms with van der Waals surface area (Å²) in [6.45, 7) is 1.51. The van der Waals surface area contributed by atoms with Crippen molar-refractivity contribution in [2.24, 2.45) is 0 Å². The van der Waals surface area contributed by atoms with E-state index in [0.29, 0.717) is 5.69 Å². The first-order valence-electron chi connectivity index (χ1n) is 5.84. The van der Waals surface area contributed by atoms with Gasteiger partial charge in [-0.25, -0.2) is 9.37 Å². The average molecular weight is 257 g/mol. The molecule has 3 aromatic rings. The zero-order chi connectivity index (χ0) is 12.5. The fourth-order valence-corrected chi connectivity index (χ4v) is 2.95. The zero-order valence-corrected chi connectivity index (χ0v) is 10.7. The Labute approximate surface area is 109 Å². The number of alkyl halides is 1. The van der Waals surface area contributed by atoms with Gasteiger partial charge in [-0.2, -0.15) is 0 Å². The van der Waals surface area contributed by atoms with Gasteiger partial charge in [0.25, 0.3) is 0 Å². The van der Waals surface area contributed by atoms with E-state index >= 15 is 0 Å². The Balaban J connectivity index is 2.11. The lowest BCUT2D eigenvalue weighted by Crippen LogP contribution is -1.91. The van der Waals surface area contributed by atoms with Crippen LogP contribution in [0.15, 0.2) is 48.5 Å². The lowest BCUT2D eigenvalue weighted by atomic mass is 10.2. The van der Waals surface area contributed by atoms with Crippen LogP contribution >= 0.6 is 11.3 Å². The molecule has 3 heteroatoms. The molecule has 0 aliphatic rings. The maximum atomic E-state index is 13.3. The van der Waals surface area contributed by atoms with Crippen molar-refractivity contribution in [3.63, 3.8) is 0 Å². The summed E-state index contributed by atoms with van der Waals surface area (Å²) >= 11 is 1.69. The fourth-order valence-electron chi connectivity index (χ4n) is 1.92. The maximum absolute atomic E-state index is 13.3. The van der Waals surface area contributed by atoms with Gasteiger partial charge in [-0.1, -0.05) is 24.3 Å². The zero-order valence-electron chi connectivity index (χ0n) is 9.93. The van der Waals surface area contributed by atoms with Gasteiger partial charge in [0.2, 0.25) is 0 Å². The number of halogens is 1. The number of pyridine rings is 1. The van der Waals surface area contributed by atoms with Crippen molar-refractivity contribution in [2.45, 2.75) is 13.1 Å². The number of hydrogen-bond acceptors (Lipinski definition) is 2. The Morgan fingerprint density at radius 3 is 2.72 bits per heavy atom. The Morgan fingerprint density at radius 1 is 1.11 bits per heavy atom. The smallest absolute Gasteiger partial charge is 0.139 e. The van der Waals surface area contributed by atoms with Crippen molar-refractivity contribution in [3.8, 4) is 10.6 Å². The molecule has 1 aromatic carbocycles. The van der Waals surface area contributed by atoms with Crippen LogP contribution in [0.25, 0.3) is 20.7 Å². The number of thiophene rings is 1. The molecule has 0 bridgehead atoms. The largest absolute Gasteiger partial charge is 0.249 e. The molecule has 1 unspecified atom stereocenters. The highest BCUT2D eigenvalue weighted by atomic mass is 32.1. The van der Waals surface area contributed by atoms with Crippen molar-refractivity contribution in [2.75, 3.05) is 0 Å². The molecular weight excluding hydrogens is 245 g/mol. The minimum atomic E-state index is -1.03. The van der Waals surface area contributed by atoms with E-state index in [9.17, 15) is 4.39 Å². The number of rotatable bonds is 2. The summed E-state index contributed by atoms with van der Waals surface area (Å²) in [5.41, 5.74) is 1.34. The first-order valence-corrected chi connectivity index (χ1v) is 6.65. The van der Waals surface area contributed by atoms with Gasteiger partial charge in [0.05, 0.1) is 16.3 Å². The Kier molecular flexibility index (Phi) is 2.84. The molecule has 0 aliphatic heterocycles. The van der Waals surface area contributed by atoms with Crippen LogP contribution in [-0.2, 0) is 0 Å². The normalized spacial score (nSPS) is 12.8. The van der Waals surface area contributed by atoms with E-state index in [1.165, 1.54) is 17.0 Å². The molecule has 90 valence electrons. The SMILES string of the molecule is CC(F)c1cccc(-c2cc3ccccc3s2)n1. The van der Waals surface area contributed by atoms with Crippen molar-refractivity contribution in [1.82, 2.24) is 4.98 Å². The predicted molar refractivity (Wildman–Crippen MR) is 74.6 cm³/mol. The summed E-state index contributed by atoms with van der Waals surface area (Å²) in [5.74, 6) is 0. The number of nitrogens with zero attached hydrogens (tertiary/aromatic N) is 1. The van der Waals surface area contributed by atoms with Crippen LogP contribution in [-0.4, -0.2) is 4.98 Å². The van der Waals surface area contributed by atoms with Crippen LogP contribution in [0.1, 0.15) is 18.8 Å². The molecule has 0 radical (unpaired) electrons. The van der Waals surface area contributed by atoms with Crippen molar-refractivity contribution >= 4 is 21.4 Å². The first-order chi connectivity index (χ1) is 8.74. The van der Waals surface area contributed by atoms with Crippen molar-refractivity contribution < 1.29 is 4.39 Å². The van der Waals surface area contributed by atoms with Gasteiger partial charge in [0.1, 0.15) is 6.17 Å². The van der Waals surface area contributed by atoms with E-state index in [-0.39, 0.29) is 0 Å². The van der Waals surface area contributed by atoms with E-state index in [4.69, 9.17) is 0 Å². The minimum absolute atomic E-state index is 0.491. The third kappa shape index (κ3) is 2.02. The molecule has 2 heterocycles. The number of benzene rings is 1. The molecule has 0 aliphatic carbocycles. The second-order valence-electron chi connectivity index (χ2n) is 4.21. The highest BCUT2D eigenvalue weighted by Gasteiger charge is 2.08. The van der Waals surface area contributed by atoms with Crippen molar-refractivity contribution in [1.29, 1.82) is 0 Å². The lowest BCUT2D eigenvalue weighted by molar-refractivity contribution is 0.366. The van der Waals surface area contributed by atoms with Crippen LogP contribution in [0.5, 0.6) is 0 Å². The summed E-state index contributed by atoms with van der Waals surface area (Å²) in [5, 5.41) is 1.21. The van der Waals surface area contributed by atoms with Gasteiger partial charge in [0, 0.05) is 4.70 Å². The van der Waals surface area contributed by atoms with Gasteiger partial charge in [0.15, 0.2) is 0 Å². The number of hydrogen-bond donors (Lipinski definition) is 0. The van der Waals surface area contributed by atoms with Gasteiger partial charge < -0.3 is 0 Å². The van der Waals surface area contributed by atoms with Gasteiger partial charge in [-0.15, -0.1) is 11.3 Å². The summed E-state index contributed by atoms with van der Waals surface area (Å²) in [7, 11) is 0. The minimum Gasteiger partial charge on any atom is -0.249 e. The van der Waals surface area contributed by atoms with E-state index in [1.54, 1.807) is 17.4 Å². The molecule has 0 saturated heterocycles. The fraction of sp³-hybridized carbons (Fsp3) is 0.133. The van der Waals surface area contributed by atoms with Crippen LogP contribution in [0.3, 0.4) is 0 Å². The van der Waals surface area contributed by atoms with Gasteiger partial charge in [-0.05, 0) is 36.6 Å². The Bertz CT molecular complexity index is 655. The van der Waals surface area contributed by atoms with Crippen LogP contribution < -0.4 is 0 Å². The van der Waals surface area contributed by atoms with Crippen LogP contribution in [0.4, 0.5) is 4.39 Å². The van der Waals surface area contributed by atoms with E-state index in [2.05, 4.69) is 23.2 Å². The predicted octanol–water partition coefficient (Wildman–Crippen LogP) is 4.99. The summed E-state index contributed by atoms with van der Waals surface area (Å²) < 4.78 is 14.5. The molecule has 1 nitrogen and oxygen atoms in total. The molecular formula is C15H12FNS. The second kappa shape index (κ2) is 4.50. The Morgan fingerprint density at radius 2 is 1.94 bits per heavy atom. The third-order valence-electron chi connectivity index (χ3n) is 2.86. The van der Waals surface area contributed by atoms with E-state index < -0.39 is 6.17 Å². The number of fused-ring (bicyclic) bond motifs is 1. The molecule has 3 rings (SSSR count). The molecule has 0 saturated carbocycles. The average Bonchev–Trinajstić information content (AvgIpc) is 2.82. The maximum Gasteiger partial charge on any atom is 0.139 e. The molecule has 1 atom stereocenters. The molecule has 18 heavy (non-hydrogen) atoms. The molecule has 0 fully saturated rings. The third-order valence-corrected chi connectivity index (χ3v) is 3.99. The second-order valence-corrected chi connectivity index (χ2v) is 5.30. The van der Waals surface area contributed by atoms with Crippen LogP contribution in [0.2, 0.25) is 0 Å². The topological polar surface area (TPSA) is 12.9 Å². The standard InChI is InChI=1S/C15H12FNS/c1-10(16)12-6-4-7-13(17-12)15-9-11-5-2-3-8-14(11)18-15/h2-10H,1H3. The summed E-state index contributed by atoms with van der Waals surface area (Å²) in [4.78, 5) is 5.46. The molecule has 0 N–H and O–H groups in total. The molecule has 0 amide bonds. The quantitative estimate of drug-likeness (QED) is 0.630. The molecule has 0 spiro atoms. The van der Waals surface area contributed by atoms with Gasteiger partial charge >= 0.3 is 0 Å². The Hall–Kier alpha value is -1.74. The summed E-state index contributed by atoms with van der Waals surface area (Å²) in [6, 6.07) is 15.8. The van der Waals surface area contributed by atoms with Gasteiger partial charge in [-0.3, -0.25) is 0 Å². The highest BCUT2D eigenvalue weighted by Crippen LogP contribution is 2.32. The van der Waals surface area contributed by atoms with E-state index in [1.807, 2.05) is 24.3 Å². The summed E-state index contributed by atoms with van der Waals surface area (Å²) in [6.07, 6.45) is -1.03. The van der Waals surface area contributed by atoms with E-state index in [0.717, 1.165) is 10.6 Å². The monoisotopic (exact) mass is 257 g/mol. The number of aromatic nitrogens is 1. The van der Waals surface area contributed by atoms with Crippen LogP contribution in [0, 0.1) is 0 Å².